The largest absolute Gasteiger partial charge is 0.303 e. The predicted molar refractivity (Wildman–Crippen MR) is 45.9 cm³/mol. The van der Waals surface area contributed by atoms with Gasteiger partial charge in [-0.3, -0.25) is 0 Å². The molecule has 1 nitrogen and oxygen atoms in total. The molecule has 0 unspecified atom stereocenters. The van der Waals surface area contributed by atoms with E-state index in [9.17, 15) is 0 Å². The molecule has 0 aliphatic carbocycles. The van der Waals surface area contributed by atoms with Gasteiger partial charge in [0.05, 0.1) is 5.37 Å². The molecule has 56 valence electrons. The minimum absolute atomic E-state index is 0.338. The molecule has 0 aromatic carbocycles. The zero-order valence-electron chi connectivity index (χ0n) is 6.68. The van der Waals surface area contributed by atoms with Crippen molar-refractivity contribution in [3.63, 3.8) is 0 Å². The summed E-state index contributed by atoms with van der Waals surface area (Å²) >= 11 is 4.35. The maximum absolute atomic E-state index is 4.35. The third kappa shape index (κ3) is 4.79. The summed E-state index contributed by atoms with van der Waals surface area (Å²) in [4.78, 5) is 0. The summed E-state index contributed by atoms with van der Waals surface area (Å²) in [7, 11) is 0. The van der Waals surface area contributed by atoms with Gasteiger partial charge < -0.3 is 5.32 Å². The van der Waals surface area contributed by atoms with E-state index in [1.54, 1.807) is 0 Å². The Morgan fingerprint density at radius 3 is 1.67 bits per heavy atom. The van der Waals surface area contributed by atoms with Crippen molar-refractivity contribution in [3.8, 4) is 0 Å². The van der Waals surface area contributed by atoms with Crippen LogP contribution < -0.4 is 5.32 Å². The van der Waals surface area contributed by atoms with Crippen molar-refractivity contribution < 1.29 is 0 Å². The van der Waals surface area contributed by atoms with Gasteiger partial charge in [-0.15, -0.1) is 0 Å². The van der Waals surface area contributed by atoms with Crippen LogP contribution in [0.2, 0.25) is 0 Å². The number of hydrogen-bond acceptors (Lipinski definition) is 2. The summed E-state index contributed by atoms with van der Waals surface area (Å²) in [5.41, 5.74) is 0. The Kier molecular flexibility index (Phi) is 4.32. The Bertz CT molecular complexity index is 71.3. The van der Waals surface area contributed by atoms with Crippen molar-refractivity contribution >= 4 is 12.6 Å². The predicted octanol–water partition coefficient (Wildman–Crippen LogP) is 1.90. The van der Waals surface area contributed by atoms with Crippen LogP contribution in [0.4, 0.5) is 0 Å². The molecule has 0 heterocycles. The summed E-state index contributed by atoms with van der Waals surface area (Å²) in [6.45, 7) is 8.58. The highest BCUT2D eigenvalue weighted by atomic mass is 32.1. The fourth-order valence-corrected chi connectivity index (χ4v) is 0.832. The molecule has 0 aliphatic heterocycles. The molecule has 9 heavy (non-hydrogen) atoms. The van der Waals surface area contributed by atoms with Gasteiger partial charge in [-0.2, -0.15) is 12.6 Å². The van der Waals surface area contributed by atoms with Crippen molar-refractivity contribution in [2.75, 3.05) is 0 Å². The lowest BCUT2D eigenvalue weighted by atomic mass is 10.2. The molecule has 0 aromatic heterocycles. The van der Waals surface area contributed by atoms with Crippen LogP contribution in [0.5, 0.6) is 0 Å². The lowest BCUT2D eigenvalue weighted by Crippen LogP contribution is -2.34. The molecule has 0 saturated carbocycles. The van der Waals surface area contributed by atoms with E-state index in [2.05, 4.69) is 45.6 Å². The van der Waals surface area contributed by atoms with Crippen LogP contribution in [0.25, 0.3) is 0 Å². The van der Waals surface area contributed by atoms with Crippen LogP contribution in [0.3, 0.4) is 0 Å². The molecule has 0 radical (unpaired) electrons. The second-order valence-electron chi connectivity index (χ2n) is 3.01. The van der Waals surface area contributed by atoms with Crippen molar-refractivity contribution in [3.05, 3.63) is 0 Å². The van der Waals surface area contributed by atoms with Crippen LogP contribution in [0.1, 0.15) is 27.7 Å². The van der Waals surface area contributed by atoms with Crippen LogP contribution in [-0.2, 0) is 0 Å². The van der Waals surface area contributed by atoms with Crippen LogP contribution in [0, 0.1) is 5.92 Å². The SMILES string of the molecule is CC(C)N[C@@H](S)C(C)C. The number of thiol groups is 1. The maximum atomic E-state index is 4.35. The van der Waals surface area contributed by atoms with Crippen molar-refractivity contribution in [2.24, 2.45) is 5.92 Å². The van der Waals surface area contributed by atoms with Crippen LogP contribution in [0.15, 0.2) is 0 Å². The van der Waals surface area contributed by atoms with E-state index in [0.29, 0.717) is 17.3 Å². The topological polar surface area (TPSA) is 12.0 Å². The molecule has 0 saturated heterocycles. The minimum Gasteiger partial charge on any atom is -0.303 e. The highest BCUT2D eigenvalue weighted by Crippen LogP contribution is 2.05. The summed E-state index contributed by atoms with van der Waals surface area (Å²) in [6.07, 6.45) is 0. The molecule has 2 heteroatoms. The summed E-state index contributed by atoms with van der Waals surface area (Å²) in [5.74, 6) is 0.607. The van der Waals surface area contributed by atoms with E-state index >= 15 is 0 Å². The molecule has 0 bridgehead atoms. The third-order valence-electron chi connectivity index (χ3n) is 1.14. The fraction of sp³-hybridized carbons (Fsp3) is 1.00. The van der Waals surface area contributed by atoms with E-state index in [0.717, 1.165) is 0 Å². The molecule has 1 N–H and O–H groups in total. The molecule has 0 fully saturated rings. The highest BCUT2D eigenvalue weighted by molar-refractivity contribution is 7.80. The second-order valence-corrected chi connectivity index (χ2v) is 3.57. The Hall–Kier alpha value is 0.310. The van der Waals surface area contributed by atoms with Gasteiger partial charge in [0, 0.05) is 6.04 Å². The zero-order chi connectivity index (χ0) is 7.44. The summed E-state index contributed by atoms with van der Waals surface area (Å²) in [6, 6.07) is 0.537. The number of rotatable bonds is 3. The van der Waals surface area contributed by atoms with Gasteiger partial charge in [0.2, 0.25) is 0 Å². The number of hydrogen-bond donors (Lipinski definition) is 2. The first-order valence-corrected chi connectivity index (χ1v) is 3.99. The van der Waals surface area contributed by atoms with E-state index in [4.69, 9.17) is 0 Å². The first-order valence-electron chi connectivity index (χ1n) is 3.48. The molecule has 0 spiro atoms. The molecule has 0 amide bonds. The lowest BCUT2D eigenvalue weighted by molar-refractivity contribution is 0.474. The standard InChI is InChI=1S/C7H17NS/c1-5(2)7(9)8-6(3)4/h5-9H,1-4H3/t7-/m0/s1. The maximum Gasteiger partial charge on any atom is 0.0527 e. The summed E-state index contributed by atoms with van der Waals surface area (Å²) in [5, 5.41) is 3.64. The lowest BCUT2D eigenvalue weighted by Gasteiger charge is -2.18. The minimum atomic E-state index is 0.338. The Labute approximate surface area is 63.6 Å². The Morgan fingerprint density at radius 1 is 1.11 bits per heavy atom. The zero-order valence-corrected chi connectivity index (χ0v) is 7.57. The van der Waals surface area contributed by atoms with Crippen LogP contribution in [-0.4, -0.2) is 11.4 Å². The Morgan fingerprint density at radius 2 is 1.56 bits per heavy atom. The first kappa shape index (κ1) is 9.31. The van der Waals surface area contributed by atoms with Crippen molar-refractivity contribution in [1.29, 1.82) is 0 Å². The molecule has 1 atom stereocenters. The normalized spacial score (nSPS) is 15.0. The van der Waals surface area contributed by atoms with Gasteiger partial charge in [0.15, 0.2) is 0 Å². The smallest absolute Gasteiger partial charge is 0.0527 e. The average Bonchev–Trinajstić information content (AvgIpc) is 1.63. The monoisotopic (exact) mass is 147 g/mol. The van der Waals surface area contributed by atoms with E-state index in [1.807, 2.05) is 0 Å². The van der Waals surface area contributed by atoms with E-state index < -0.39 is 0 Å². The van der Waals surface area contributed by atoms with Gasteiger partial charge in [-0.25, -0.2) is 0 Å². The molecule has 0 rings (SSSR count). The fourth-order valence-electron chi connectivity index (χ4n) is 0.534. The van der Waals surface area contributed by atoms with Crippen molar-refractivity contribution in [1.82, 2.24) is 5.32 Å². The summed E-state index contributed by atoms with van der Waals surface area (Å²) < 4.78 is 0. The molecule has 0 aliphatic rings. The first-order chi connectivity index (χ1) is 4.04. The number of nitrogens with one attached hydrogen (secondary N) is 1. The highest BCUT2D eigenvalue weighted by Gasteiger charge is 2.07. The molecular formula is C7H17NS. The third-order valence-corrected chi connectivity index (χ3v) is 1.88. The van der Waals surface area contributed by atoms with Gasteiger partial charge in [-0.1, -0.05) is 13.8 Å². The van der Waals surface area contributed by atoms with Crippen molar-refractivity contribution in [2.45, 2.75) is 39.1 Å². The van der Waals surface area contributed by atoms with E-state index in [1.165, 1.54) is 0 Å². The Balaban J connectivity index is 3.38. The molecular weight excluding hydrogens is 130 g/mol. The average molecular weight is 147 g/mol. The van der Waals surface area contributed by atoms with Gasteiger partial charge >= 0.3 is 0 Å². The van der Waals surface area contributed by atoms with Crippen LogP contribution >= 0.6 is 12.6 Å². The van der Waals surface area contributed by atoms with E-state index in [-0.39, 0.29) is 0 Å². The quantitative estimate of drug-likeness (QED) is 0.459. The second kappa shape index (κ2) is 4.18. The van der Waals surface area contributed by atoms with Gasteiger partial charge in [0.1, 0.15) is 0 Å². The molecule has 0 aromatic rings. The van der Waals surface area contributed by atoms with Gasteiger partial charge in [-0.05, 0) is 19.8 Å². The van der Waals surface area contributed by atoms with Gasteiger partial charge in [0.25, 0.3) is 0 Å².